The third kappa shape index (κ3) is 3.67. The number of benzene rings is 1. The highest BCUT2D eigenvalue weighted by Crippen LogP contribution is 2.28. The minimum Gasteiger partial charge on any atom is -0.481 e. The molecular formula is C12H15N3O5. The molecule has 2 N–H and O–H groups in total. The lowest BCUT2D eigenvalue weighted by Gasteiger charge is -2.18. The first kappa shape index (κ1) is 15.4. The fourth-order valence-corrected chi connectivity index (χ4v) is 1.65. The normalized spacial score (nSPS) is 9.90. The van der Waals surface area contributed by atoms with Gasteiger partial charge >= 0.3 is 5.97 Å². The van der Waals surface area contributed by atoms with Gasteiger partial charge in [-0.3, -0.25) is 19.7 Å². The van der Waals surface area contributed by atoms with E-state index in [1.807, 2.05) is 0 Å². The Labute approximate surface area is 115 Å². The second kappa shape index (κ2) is 6.50. The third-order valence-corrected chi connectivity index (χ3v) is 2.73. The maximum absolute atomic E-state index is 11.5. The van der Waals surface area contributed by atoms with Crippen molar-refractivity contribution in [1.29, 1.82) is 0 Å². The van der Waals surface area contributed by atoms with Gasteiger partial charge in [0.1, 0.15) is 5.69 Å². The number of carbonyl (C=O) groups excluding carboxylic acids is 1. The number of nitro benzene ring substituents is 1. The summed E-state index contributed by atoms with van der Waals surface area (Å²) >= 11 is 0. The summed E-state index contributed by atoms with van der Waals surface area (Å²) in [6.45, 7) is 0.105. The van der Waals surface area contributed by atoms with Crippen LogP contribution in [0, 0.1) is 10.1 Å². The summed E-state index contributed by atoms with van der Waals surface area (Å²) in [5.74, 6) is -1.37. The lowest BCUT2D eigenvalue weighted by Crippen LogP contribution is -2.23. The number of nitro groups is 1. The largest absolute Gasteiger partial charge is 0.481 e. The topological polar surface area (TPSA) is 113 Å². The van der Waals surface area contributed by atoms with Gasteiger partial charge in [0, 0.05) is 32.3 Å². The summed E-state index contributed by atoms with van der Waals surface area (Å²) in [4.78, 5) is 33.9. The van der Waals surface area contributed by atoms with E-state index in [2.05, 4.69) is 5.32 Å². The highest BCUT2D eigenvalue weighted by Gasteiger charge is 2.19. The van der Waals surface area contributed by atoms with E-state index < -0.39 is 10.9 Å². The van der Waals surface area contributed by atoms with E-state index in [4.69, 9.17) is 5.11 Å². The Hall–Kier alpha value is -2.64. The lowest BCUT2D eigenvalue weighted by atomic mass is 10.1. The third-order valence-electron chi connectivity index (χ3n) is 2.73. The van der Waals surface area contributed by atoms with Crippen molar-refractivity contribution in [2.24, 2.45) is 0 Å². The quantitative estimate of drug-likeness (QED) is 0.590. The van der Waals surface area contributed by atoms with Gasteiger partial charge in [0.05, 0.1) is 11.3 Å². The van der Waals surface area contributed by atoms with Gasteiger partial charge in [-0.15, -0.1) is 0 Å². The highest BCUT2D eigenvalue weighted by molar-refractivity contribution is 5.95. The smallest absolute Gasteiger partial charge is 0.305 e. The number of hydrogen-bond donors (Lipinski definition) is 2. The van der Waals surface area contributed by atoms with Gasteiger partial charge < -0.3 is 15.3 Å². The molecule has 0 spiro atoms. The number of rotatable bonds is 6. The molecule has 1 rings (SSSR count). The van der Waals surface area contributed by atoms with Gasteiger partial charge in [0.2, 0.25) is 0 Å². The number of amides is 1. The summed E-state index contributed by atoms with van der Waals surface area (Å²) in [5.41, 5.74) is 0.304. The first-order valence-corrected chi connectivity index (χ1v) is 5.80. The first-order valence-electron chi connectivity index (χ1n) is 5.80. The first-order chi connectivity index (χ1) is 9.36. The number of aliphatic carboxylic acids is 1. The van der Waals surface area contributed by atoms with Crippen molar-refractivity contribution in [3.8, 4) is 0 Å². The van der Waals surface area contributed by atoms with Gasteiger partial charge in [-0.1, -0.05) is 0 Å². The zero-order valence-electron chi connectivity index (χ0n) is 11.1. The SMILES string of the molecule is CNC(=O)c1ccc([N+](=O)[O-])c(N(C)CCC(=O)O)c1. The molecule has 20 heavy (non-hydrogen) atoms. The Bertz CT molecular complexity index is 544. The Kier molecular flexibility index (Phi) is 5.01. The van der Waals surface area contributed by atoms with E-state index >= 15 is 0 Å². The lowest BCUT2D eigenvalue weighted by molar-refractivity contribution is -0.384. The number of anilines is 1. The van der Waals surface area contributed by atoms with Gasteiger partial charge in [-0.25, -0.2) is 0 Å². The molecule has 8 nitrogen and oxygen atoms in total. The maximum Gasteiger partial charge on any atom is 0.305 e. The van der Waals surface area contributed by atoms with Crippen LogP contribution in [0.15, 0.2) is 18.2 Å². The van der Waals surface area contributed by atoms with E-state index in [9.17, 15) is 19.7 Å². The predicted octanol–water partition coefficient (Wildman–Crippen LogP) is 0.865. The molecule has 0 bridgehead atoms. The Morgan fingerprint density at radius 2 is 2.10 bits per heavy atom. The summed E-state index contributed by atoms with van der Waals surface area (Å²) in [5, 5.41) is 22.0. The van der Waals surface area contributed by atoms with Crippen LogP contribution in [0.5, 0.6) is 0 Å². The molecule has 0 radical (unpaired) electrons. The van der Waals surface area contributed by atoms with E-state index in [-0.39, 0.29) is 35.8 Å². The van der Waals surface area contributed by atoms with Crippen molar-refractivity contribution in [2.75, 3.05) is 25.5 Å². The molecule has 0 aliphatic heterocycles. The number of carboxylic acids is 1. The molecule has 0 aromatic heterocycles. The van der Waals surface area contributed by atoms with Crippen molar-refractivity contribution in [3.05, 3.63) is 33.9 Å². The van der Waals surface area contributed by atoms with Crippen LogP contribution in [0.1, 0.15) is 16.8 Å². The summed E-state index contributed by atoms with van der Waals surface area (Å²) < 4.78 is 0. The average Bonchev–Trinajstić information content (AvgIpc) is 2.42. The van der Waals surface area contributed by atoms with E-state index in [0.29, 0.717) is 0 Å². The van der Waals surface area contributed by atoms with Gasteiger partial charge in [0.15, 0.2) is 0 Å². The van der Waals surface area contributed by atoms with Crippen LogP contribution in [-0.4, -0.2) is 42.5 Å². The molecule has 0 unspecified atom stereocenters. The van der Waals surface area contributed by atoms with Crippen LogP contribution in [0.2, 0.25) is 0 Å². The summed E-state index contributed by atoms with van der Waals surface area (Å²) in [7, 11) is 3.00. The standard InChI is InChI=1S/C12H15N3O5/c1-13-12(18)8-3-4-9(15(19)20)10(7-8)14(2)6-5-11(16)17/h3-4,7H,5-6H2,1-2H3,(H,13,18)(H,16,17). The zero-order valence-corrected chi connectivity index (χ0v) is 11.1. The highest BCUT2D eigenvalue weighted by atomic mass is 16.6. The number of hydrogen-bond acceptors (Lipinski definition) is 5. The van der Waals surface area contributed by atoms with Gasteiger partial charge in [0.25, 0.3) is 11.6 Å². The van der Waals surface area contributed by atoms with E-state index in [1.54, 1.807) is 7.05 Å². The Morgan fingerprint density at radius 1 is 1.45 bits per heavy atom. The van der Waals surface area contributed by atoms with Gasteiger partial charge in [-0.05, 0) is 12.1 Å². The van der Waals surface area contributed by atoms with Crippen LogP contribution >= 0.6 is 0 Å². The molecule has 0 saturated carbocycles. The second-order valence-corrected chi connectivity index (χ2v) is 4.11. The van der Waals surface area contributed by atoms with Crippen molar-refractivity contribution in [2.45, 2.75) is 6.42 Å². The molecule has 0 heterocycles. The van der Waals surface area contributed by atoms with Crippen LogP contribution in [0.3, 0.4) is 0 Å². The molecule has 8 heteroatoms. The molecule has 1 aromatic carbocycles. The zero-order chi connectivity index (χ0) is 15.3. The van der Waals surface area contributed by atoms with Crippen molar-refractivity contribution < 1.29 is 19.6 Å². The molecule has 0 aliphatic carbocycles. The maximum atomic E-state index is 11.5. The fraction of sp³-hybridized carbons (Fsp3) is 0.333. The van der Waals surface area contributed by atoms with Crippen LogP contribution in [0.4, 0.5) is 11.4 Å². The molecule has 1 amide bonds. The van der Waals surface area contributed by atoms with Crippen LogP contribution in [-0.2, 0) is 4.79 Å². The fourth-order valence-electron chi connectivity index (χ4n) is 1.65. The van der Waals surface area contributed by atoms with Gasteiger partial charge in [-0.2, -0.15) is 0 Å². The average molecular weight is 281 g/mol. The predicted molar refractivity (Wildman–Crippen MR) is 72.0 cm³/mol. The van der Waals surface area contributed by atoms with E-state index in [0.717, 1.165) is 0 Å². The summed E-state index contributed by atoms with van der Waals surface area (Å²) in [6.07, 6.45) is -0.155. The molecule has 108 valence electrons. The monoisotopic (exact) mass is 281 g/mol. The number of carbonyl (C=O) groups is 2. The molecule has 0 atom stereocenters. The van der Waals surface area contributed by atoms with E-state index in [1.165, 1.54) is 30.1 Å². The molecule has 0 aliphatic rings. The molecule has 0 saturated heterocycles. The minimum atomic E-state index is -0.998. The molecule has 1 aromatic rings. The minimum absolute atomic E-state index is 0.105. The van der Waals surface area contributed by atoms with Crippen molar-refractivity contribution in [1.82, 2.24) is 5.32 Å². The number of nitrogens with zero attached hydrogens (tertiary/aromatic N) is 2. The Morgan fingerprint density at radius 3 is 2.60 bits per heavy atom. The van der Waals surface area contributed by atoms with Crippen molar-refractivity contribution in [3.63, 3.8) is 0 Å². The number of nitrogens with one attached hydrogen (secondary N) is 1. The van der Waals surface area contributed by atoms with Crippen LogP contribution in [0.25, 0.3) is 0 Å². The van der Waals surface area contributed by atoms with Crippen molar-refractivity contribution >= 4 is 23.3 Å². The molecular weight excluding hydrogens is 266 g/mol. The number of carboxylic acid groups (broad SMARTS) is 1. The second-order valence-electron chi connectivity index (χ2n) is 4.11. The summed E-state index contributed by atoms with van der Waals surface area (Å²) in [6, 6.07) is 3.96. The molecule has 0 fully saturated rings. The van der Waals surface area contributed by atoms with Crippen LogP contribution < -0.4 is 10.2 Å². The Balaban J connectivity index is 3.14.